The van der Waals surface area contributed by atoms with Crippen molar-refractivity contribution in [3.05, 3.63) is 23.8 Å². The molecule has 0 aliphatic heterocycles. The standard InChI is InChI=1S/C18H28F2N4O3.HI/c1-6-21-17(23-11-15(25)24-18(2,3)4)22-10-12-7-8-13(26-5)14(9-12)27-16(19)20;/h7-9,16H,6,10-11H2,1-5H3,(H,24,25)(H2,21,22,23);1H. The first-order valence-corrected chi connectivity index (χ1v) is 8.59. The first kappa shape index (κ1) is 26.1. The number of amides is 1. The molecule has 0 aromatic heterocycles. The lowest BCUT2D eigenvalue weighted by molar-refractivity contribution is -0.121. The number of aliphatic imine (C=N–C) groups is 1. The molecule has 1 aromatic carbocycles. The van der Waals surface area contributed by atoms with Gasteiger partial charge in [0.2, 0.25) is 5.91 Å². The van der Waals surface area contributed by atoms with E-state index in [4.69, 9.17) is 4.74 Å². The summed E-state index contributed by atoms with van der Waals surface area (Å²) in [6, 6.07) is 4.70. The predicted molar refractivity (Wildman–Crippen MR) is 116 cm³/mol. The highest BCUT2D eigenvalue weighted by molar-refractivity contribution is 14.0. The third kappa shape index (κ3) is 10.5. The number of rotatable bonds is 8. The van der Waals surface area contributed by atoms with Crippen LogP contribution in [0.3, 0.4) is 0 Å². The quantitative estimate of drug-likeness (QED) is 0.283. The molecule has 0 aliphatic carbocycles. The number of nitrogens with zero attached hydrogens (tertiary/aromatic N) is 1. The van der Waals surface area contributed by atoms with Crippen LogP contribution in [0.4, 0.5) is 8.78 Å². The Bertz CT molecular complexity index is 652. The molecule has 0 saturated heterocycles. The summed E-state index contributed by atoms with van der Waals surface area (Å²) in [5, 5.41) is 8.80. The minimum absolute atomic E-state index is 0. The van der Waals surface area contributed by atoms with Gasteiger partial charge in [-0.15, -0.1) is 24.0 Å². The largest absolute Gasteiger partial charge is 0.493 e. The summed E-state index contributed by atoms with van der Waals surface area (Å²) in [4.78, 5) is 16.3. The van der Waals surface area contributed by atoms with E-state index in [1.807, 2.05) is 27.7 Å². The van der Waals surface area contributed by atoms with Gasteiger partial charge in [0.15, 0.2) is 17.5 Å². The van der Waals surface area contributed by atoms with Crippen molar-refractivity contribution in [1.29, 1.82) is 0 Å². The number of halogens is 3. The fourth-order valence-corrected chi connectivity index (χ4v) is 2.15. The zero-order valence-corrected chi connectivity index (χ0v) is 19.1. The molecule has 0 aliphatic rings. The Labute approximate surface area is 181 Å². The first-order valence-electron chi connectivity index (χ1n) is 8.59. The number of hydrogen-bond acceptors (Lipinski definition) is 4. The van der Waals surface area contributed by atoms with Crippen molar-refractivity contribution in [2.75, 3.05) is 20.2 Å². The van der Waals surface area contributed by atoms with E-state index in [0.29, 0.717) is 18.1 Å². The van der Waals surface area contributed by atoms with Gasteiger partial charge >= 0.3 is 6.61 Å². The molecule has 0 radical (unpaired) electrons. The van der Waals surface area contributed by atoms with Gasteiger partial charge in [-0.25, -0.2) is 4.99 Å². The Morgan fingerprint density at radius 2 is 1.89 bits per heavy atom. The monoisotopic (exact) mass is 514 g/mol. The van der Waals surface area contributed by atoms with Crippen LogP contribution in [0.15, 0.2) is 23.2 Å². The van der Waals surface area contributed by atoms with Gasteiger partial charge in [-0.2, -0.15) is 8.78 Å². The molecule has 7 nitrogen and oxygen atoms in total. The number of ether oxygens (including phenoxy) is 2. The molecular weight excluding hydrogens is 485 g/mol. The van der Waals surface area contributed by atoms with Crippen LogP contribution < -0.4 is 25.4 Å². The number of guanidine groups is 1. The van der Waals surface area contributed by atoms with Gasteiger partial charge in [0.1, 0.15) is 0 Å². The normalized spacial score (nSPS) is 11.5. The highest BCUT2D eigenvalue weighted by Crippen LogP contribution is 2.29. The van der Waals surface area contributed by atoms with E-state index in [1.54, 1.807) is 12.1 Å². The maximum atomic E-state index is 12.5. The van der Waals surface area contributed by atoms with Crippen LogP contribution in [0.1, 0.15) is 33.3 Å². The zero-order chi connectivity index (χ0) is 20.4. The first-order chi connectivity index (χ1) is 12.6. The third-order valence-electron chi connectivity index (χ3n) is 3.14. The van der Waals surface area contributed by atoms with Crippen LogP contribution in [-0.2, 0) is 11.3 Å². The van der Waals surface area contributed by atoms with Gasteiger partial charge in [0.25, 0.3) is 0 Å². The lowest BCUT2D eigenvalue weighted by Gasteiger charge is -2.21. The van der Waals surface area contributed by atoms with Crippen molar-refractivity contribution in [2.45, 2.75) is 46.4 Å². The second kappa shape index (κ2) is 12.6. The molecule has 0 heterocycles. The van der Waals surface area contributed by atoms with Crippen LogP contribution in [0.25, 0.3) is 0 Å². The van der Waals surface area contributed by atoms with Gasteiger partial charge in [-0.1, -0.05) is 6.07 Å². The molecule has 0 unspecified atom stereocenters. The van der Waals surface area contributed by atoms with Crippen LogP contribution in [0, 0.1) is 0 Å². The lowest BCUT2D eigenvalue weighted by atomic mass is 10.1. The van der Waals surface area contributed by atoms with Crippen molar-refractivity contribution in [3.63, 3.8) is 0 Å². The molecule has 1 aromatic rings. The average Bonchev–Trinajstić information content (AvgIpc) is 2.55. The minimum atomic E-state index is -2.95. The third-order valence-corrected chi connectivity index (χ3v) is 3.14. The summed E-state index contributed by atoms with van der Waals surface area (Å²) in [7, 11) is 1.38. The minimum Gasteiger partial charge on any atom is -0.493 e. The van der Waals surface area contributed by atoms with Crippen LogP contribution in [0.2, 0.25) is 0 Å². The summed E-state index contributed by atoms with van der Waals surface area (Å²) in [6.45, 7) is 5.51. The smallest absolute Gasteiger partial charge is 0.387 e. The molecule has 28 heavy (non-hydrogen) atoms. The summed E-state index contributed by atoms with van der Waals surface area (Å²) in [6.07, 6.45) is 0. The molecule has 1 amide bonds. The molecule has 160 valence electrons. The molecule has 0 fully saturated rings. The van der Waals surface area contributed by atoms with Crippen LogP contribution in [-0.4, -0.2) is 44.2 Å². The number of carbonyl (C=O) groups is 1. The highest BCUT2D eigenvalue weighted by atomic mass is 127. The molecule has 10 heteroatoms. The summed E-state index contributed by atoms with van der Waals surface area (Å²) in [5.74, 6) is 0.438. The second-order valence-electron chi connectivity index (χ2n) is 6.71. The van der Waals surface area contributed by atoms with Crippen LogP contribution >= 0.6 is 24.0 Å². The maximum Gasteiger partial charge on any atom is 0.387 e. The summed E-state index contributed by atoms with van der Waals surface area (Å²) in [5.41, 5.74) is 0.334. The lowest BCUT2D eigenvalue weighted by Crippen LogP contribution is -2.48. The Hall–Kier alpha value is -1.85. The van der Waals surface area contributed by atoms with E-state index in [1.165, 1.54) is 13.2 Å². The van der Waals surface area contributed by atoms with Crippen molar-refractivity contribution in [2.24, 2.45) is 4.99 Å². The molecule has 0 spiro atoms. The van der Waals surface area contributed by atoms with E-state index >= 15 is 0 Å². The van der Waals surface area contributed by atoms with Crippen molar-refractivity contribution in [3.8, 4) is 11.5 Å². The highest BCUT2D eigenvalue weighted by Gasteiger charge is 2.14. The van der Waals surface area contributed by atoms with Gasteiger partial charge in [-0.05, 0) is 45.4 Å². The summed E-state index contributed by atoms with van der Waals surface area (Å²) < 4.78 is 34.5. The number of alkyl halides is 2. The Morgan fingerprint density at radius 1 is 1.21 bits per heavy atom. The molecule has 0 atom stereocenters. The molecule has 0 saturated carbocycles. The number of nitrogens with one attached hydrogen (secondary N) is 3. The van der Waals surface area contributed by atoms with E-state index in [0.717, 1.165) is 0 Å². The molecule has 1 rings (SSSR count). The van der Waals surface area contributed by atoms with Crippen LogP contribution in [0.5, 0.6) is 11.5 Å². The van der Waals surface area contributed by atoms with Gasteiger partial charge in [0.05, 0.1) is 20.2 Å². The van der Waals surface area contributed by atoms with E-state index in [-0.39, 0.29) is 60.0 Å². The van der Waals surface area contributed by atoms with Crippen molar-refractivity contribution in [1.82, 2.24) is 16.0 Å². The maximum absolute atomic E-state index is 12.5. The van der Waals surface area contributed by atoms with Gasteiger partial charge in [0, 0.05) is 12.1 Å². The molecule has 3 N–H and O–H groups in total. The van der Waals surface area contributed by atoms with E-state index < -0.39 is 6.61 Å². The molecule has 0 bridgehead atoms. The Balaban J connectivity index is 0.00000729. The summed E-state index contributed by atoms with van der Waals surface area (Å²) >= 11 is 0. The predicted octanol–water partition coefficient (Wildman–Crippen LogP) is 2.88. The number of benzene rings is 1. The number of hydrogen-bond donors (Lipinski definition) is 3. The van der Waals surface area contributed by atoms with Crippen molar-refractivity contribution < 1.29 is 23.0 Å². The number of methoxy groups -OCH3 is 1. The van der Waals surface area contributed by atoms with E-state index in [9.17, 15) is 13.6 Å². The molecular formula is C18H29F2IN4O3. The topological polar surface area (TPSA) is 84.0 Å². The second-order valence-corrected chi connectivity index (χ2v) is 6.71. The van der Waals surface area contributed by atoms with E-state index in [2.05, 4.69) is 25.7 Å². The number of carbonyl (C=O) groups excluding carboxylic acids is 1. The zero-order valence-electron chi connectivity index (χ0n) is 16.8. The Morgan fingerprint density at radius 3 is 2.43 bits per heavy atom. The van der Waals surface area contributed by atoms with Gasteiger partial charge in [-0.3, -0.25) is 4.79 Å². The average molecular weight is 514 g/mol. The van der Waals surface area contributed by atoms with Crippen molar-refractivity contribution >= 4 is 35.8 Å². The van der Waals surface area contributed by atoms with Gasteiger partial charge < -0.3 is 25.4 Å². The fraction of sp³-hybridized carbons (Fsp3) is 0.556. The SMILES string of the molecule is CCNC(=NCc1ccc(OC)c(OC(F)F)c1)NCC(=O)NC(C)(C)C.I. The Kier molecular flexibility index (Phi) is 11.7. The fourth-order valence-electron chi connectivity index (χ4n) is 2.15.